The van der Waals surface area contributed by atoms with E-state index in [1.807, 2.05) is 42.5 Å². The highest BCUT2D eigenvalue weighted by Gasteiger charge is 2.23. The molecule has 0 saturated heterocycles. The summed E-state index contributed by atoms with van der Waals surface area (Å²) in [5, 5.41) is 0. The highest BCUT2D eigenvalue weighted by Crippen LogP contribution is 2.35. The Morgan fingerprint density at radius 2 is 1.67 bits per heavy atom. The largest absolute Gasteiger partial charge is 0.341 e. The zero-order valence-corrected chi connectivity index (χ0v) is 10.4. The van der Waals surface area contributed by atoms with Crippen molar-refractivity contribution in [2.45, 2.75) is 13.3 Å². The van der Waals surface area contributed by atoms with Gasteiger partial charge in [0.1, 0.15) is 0 Å². The Morgan fingerprint density at radius 3 is 2.44 bits per heavy atom. The molecule has 0 radical (unpaired) electrons. The summed E-state index contributed by atoms with van der Waals surface area (Å²) in [7, 11) is 0. The second-order valence-electron chi connectivity index (χ2n) is 4.49. The summed E-state index contributed by atoms with van der Waals surface area (Å²) in [5.74, 6) is 0.203. The summed E-state index contributed by atoms with van der Waals surface area (Å²) in [6, 6.07) is 16.0. The second-order valence-corrected chi connectivity index (χ2v) is 4.49. The molecule has 90 valence electrons. The maximum Gasteiger partial charge on any atom is 0.169 e. The predicted molar refractivity (Wildman–Crippen MR) is 73.6 cm³/mol. The van der Waals surface area contributed by atoms with Crippen LogP contribution >= 0.6 is 0 Å². The fourth-order valence-corrected chi connectivity index (χ4v) is 2.61. The number of rotatable bonds is 1. The summed E-state index contributed by atoms with van der Waals surface area (Å²) >= 11 is 0. The van der Waals surface area contributed by atoms with Crippen molar-refractivity contribution in [3.63, 3.8) is 0 Å². The number of Topliss-reactive ketones (excluding diaryl/α,β-unsaturated/α-hetero) is 1. The van der Waals surface area contributed by atoms with Gasteiger partial charge < -0.3 is 4.90 Å². The molecular weight excluding hydrogens is 222 g/mol. The smallest absolute Gasteiger partial charge is 0.169 e. The molecule has 0 saturated carbocycles. The topological polar surface area (TPSA) is 20.3 Å². The molecule has 3 rings (SSSR count). The Bertz CT molecular complexity index is 604. The Kier molecular flexibility index (Phi) is 2.63. The molecule has 0 bridgehead atoms. The van der Waals surface area contributed by atoms with Gasteiger partial charge in [-0.25, -0.2) is 0 Å². The number of ketones is 1. The van der Waals surface area contributed by atoms with Crippen LogP contribution in [-0.2, 0) is 6.42 Å². The SMILES string of the molecule is CCN1c2ccccc2CC(=O)c2ccccc21. The van der Waals surface area contributed by atoms with Crippen molar-refractivity contribution in [2.75, 3.05) is 11.4 Å². The zero-order valence-electron chi connectivity index (χ0n) is 10.4. The van der Waals surface area contributed by atoms with E-state index in [0.717, 1.165) is 29.0 Å². The number of hydrogen-bond donors (Lipinski definition) is 0. The van der Waals surface area contributed by atoms with Crippen LogP contribution in [0, 0.1) is 0 Å². The lowest BCUT2D eigenvalue weighted by molar-refractivity contribution is 0.0994. The van der Waals surface area contributed by atoms with Gasteiger partial charge in [-0.3, -0.25) is 4.79 Å². The van der Waals surface area contributed by atoms with E-state index in [9.17, 15) is 4.79 Å². The first kappa shape index (κ1) is 11.0. The maximum absolute atomic E-state index is 12.3. The van der Waals surface area contributed by atoms with Gasteiger partial charge in [0.2, 0.25) is 0 Å². The van der Waals surface area contributed by atoms with Crippen LogP contribution in [0.4, 0.5) is 11.4 Å². The Morgan fingerprint density at radius 1 is 1.00 bits per heavy atom. The molecule has 1 heterocycles. The van der Waals surface area contributed by atoms with Crippen LogP contribution < -0.4 is 4.90 Å². The van der Waals surface area contributed by atoms with Gasteiger partial charge in [0.25, 0.3) is 0 Å². The predicted octanol–water partition coefficient (Wildman–Crippen LogP) is 3.58. The van der Waals surface area contributed by atoms with Crippen molar-refractivity contribution in [2.24, 2.45) is 0 Å². The van der Waals surface area contributed by atoms with E-state index in [-0.39, 0.29) is 5.78 Å². The summed E-state index contributed by atoms with van der Waals surface area (Å²) in [4.78, 5) is 14.5. The first-order valence-electron chi connectivity index (χ1n) is 6.29. The average Bonchev–Trinajstić information content (AvgIpc) is 2.53. The minimum atomic E-state index is 0.203. The molecule has 0 spiro atoms. The van der Waals surface area contributed by atoms with Crippen molar-refractivity contribution >= 4 is 17.2 Å². The van der Waals surface area contributed by atoms with Gasteiger partial charge in [-0.1, -0.05) is 30.3 Å². The summed E-state index contributed by atoms with van der Waals surface area (Å²) in [6.07, 6.45) is 0.490. The van der Waals surface area contributed by atoms with Crippen molar-refractivity contribution in [1.82, 2.24) is 0 Å². The van der Waals surface area contributed by atoms with Gasteiger partial charge in [0.15, 0.2) is 5.78 Å². The van der Waals surface area contributed by atoms with Crippen LogP contribution in [0.3, 0.4) is 0 Å². The molecule has 2 aromatic carbocycles. The second kappa shape index (κ2) is 4.30. The first-order chi connectivity index (χ1) is 8.81. The number of hydrogen-bond acceptors (Lipinski definition) is 2. The van der Waals surface area contributed by atoms with Gasteiger partial charge >= 0.3 is 0 Å². The summed E-state index contributed by atoms with van der Waals surface area (Å²) in [6.45, 7) is 2.98. The monoisotopic (exact) mass is 237 g/mol. The van der Waals surface area contributed by atoms with Gasteiger partial charge in [0.05, 0.1) is 5.69 Å². The third-order valence-corrected chi connectivity index (χ3v) is 3.44. The van der Waals surface area contributed by atoms with E-state index in [4.69, 9.17) is 0 Å². The van der Waals surface area contributed by atoms with E-state index in [1.165, 1.54) is 0 Å². The van der Waals surface area contributed by atoms with E-state index >= 15 is 0 Å². The van der Waals surface area contributed by atoms with Crippen LogP contribution in [0.2, 0.25) is 0 Å². The number of carbonyl (C=O) groups is 1. The first-order valence-corrected chi connectivity index (χ1v) is 6.29. The third kappa shape index (κ3) is 1.61. The number of anilines is 2. The molecule has 0 aliphatic carbocycles. The van der Waals surface area contributed by atoms with Crippen LogP contribution in [0.1, 0.15) is 22.8 Å². The molecule has 1 aliphatic heterocycles. The number of para-hydroxylation sites is 2. The Hall–Kier alpha value is -2.09. The fourth-order valence-electron chi connectivity index (χ4n) is 2.61. The van der Waals surface area contributed by atoms with Crippen molar-refractivity contribution in [3.8, 4) is 0 Å². The number of fused-ring (bicyclic) bond motifs is 2. The molecule has 18 heavy (non-hydrogen) atoms. The van der Waals surface area contributed by atoms with E-state index in [1.54, 1.807) is 0 Å². The van der Waals surface area contributed by atoms with Gasteiger partial charge in [-0.15, -0.1) is 0 Å². The molecular formula is C16H15NO. The fraction of sp³-hybridized carbons (Fsp3) is 0.188. The van der Waals surface area contributed by atoms with Crippen molar-refractivity contribution in [1.29, 1.82) is 0 Å². The van der Waals surface area contributed by atoms with Crippen molar-refractivity contribution < 1.29 is 4.79 Å². The molecule has 2 heteroatoms. The average molecular weight is 237 g/mol. The lowest BCUT2D eigenvalue weighted by Gasteiger charge is -2.24. The lowest BCUT2D eigenvalue weighted by atomic mass is 10.0. The van der Waals surface area contributed by atoms with Crippen LogP contribution in [0.25, 0.3) is 0 Å². The molecule has 0 aromatic heterocycles. The van der Waals surface area contributed by atoms with E-state index < -0.39 is 0 Å². The standard InChI is InChI=1S/C16H15NO/c1-2-17-14-9-5-3-7-12(14)11-16(18)13-8-4-6-10-15(13)17/h3-10H,2,11H2,1H3. The molecule has 2 aromatic rings. The van der Waals surface area contributed by atoms with Crippen LogP contribution in [0.15, 0.2) is 48.5 Å². The molecule has 2 nitrogen and oxygen atoms in total. The highest BCUT2D eigenvalue weighted by molar-refractivity contribution is 6.05. The summed E-state index contributed by atoms with van der Waals surface area (Å²) < 4.78 is 0. The molecule has 0 unspecified atom stereocenters. The molecule has 0 atom stereocenters. The molecule has 0 fully saturated rings. The number of carbonyl (C=O) groups excluding carboxylic acids is 1. The zero-order chi connectivity index (χ0) is 12.5. The highest BCUT2D eigenvalue weighted by atomic mass is 16.1. The van der Waals surface area contributed by atoms with Gasteiger partial charge in [0, 0.05) is 24.2 Å². The Labute approximate surface area is 107 Å². The lowest BCUT2D eigenvalue weighted by Crippen LogP contribution is -2.17. The molecule has 1 aliphatic rings. The normalized spacial score (nSPS) is 13.8. The maximum atomic E-state index is 12.3. The van der Waals surface area contributed by atoms with Gasteiger partial charge in [-0.05, 0) is 30.7 Å². The van der Waals surface area contributed by atoms with E-state index in [0.29, 0.717) is 6.42 Å². The Balaban J connectivity index is 2.26. The van der Waals surface area contributed by atoms with E-state index in [2.05, 4.69) is 17.9 Å². The molecule has 0 N–H and O–H groups in total. The summed E-state index contributed by atoms with van der Waals surface area (Å²) in [5.41, 5.74) is 4.12. The minimum absolute atomic E-state index is 0.203. The number of nitrogens with zero attached hydrogens (tertiary/aromatic N) is 1. The molecule has 0 amide bonds. The minimum Gasteiger partial charge on any atom is -0.341 e. The van der Waals surface area contributed by atoms with Gasteiger partial charge in [-0.2, -0.15) is 0 Å². The van der Waals surface area contributed by atoms with Crippen LogP contribution in [0.5, 0.6) is 0 Å². The number of benzene rings is 2. The van der Waals surface area contributed by atoms with Crippen LogP contribution in [-0.4, -0.2) is 12.3 Å². The van der Waals surface area contributed by atoms with Crippen molar-refractivity contribution in [3.05, 3.63) is 59.7 Å². The third-order valence-electron chi connectivity index (χ3n) is 3.44. The quantitative estimate of drug-likeness (QED) is 0.755.